The van der Waals surface area contributed by atoms with Gasteiger partial charge >= 0.3 is 0 Å². The molecule has 1 heterocycles. The summed E-state index contributed by atoms with van der Waals surface area (Å²) < 4.78 is 0. The van der Waals surface area contributed by atoms with Crippen molar-refractivity contribution in [1.82, 2.24) is 20.9 Å². The van der Waals surface area contributed by atoms with Crippen LogP contribution in [0.4, 0.5) is 0 Å². The van der Waals surface area contributed by atoms with Crippen LogP contribution >= 0.6 is 24.8 Å². The standard InChI is InChI=1S/C20H26N4O2.2ClH/c1-3-22-15(2)13-23-20(26)18(12-16-8-5-4-6-9-16)24-19(25)17-10-7-11-21-14-17;;/h4-11,14-15,18,22H,3,12-13H2,1-2H3,(H,23,26)(H,24,25);2*1H/t15-,18?;;/m1../s1. The first-order valence-electron chi connectivity index (χ1n) is 8.86. The Morgan fingerprint density at radius 2 is 1.79 bits per heavy atom. The number of nitrogens with one attached hydrogen (secondary N) is 3. The van der Waals surface area contributed by atoms with Gasteiger partial charge in [-0.3, -0.25) is 14.6 Å². The third-order valence-electron chi connectivity index (χ3n) is 3.96. The summed E-state index contributed by atoms with van der Waals surface area (Å²) in [6.07, 6.45) is 3.52. The van der Waals surface area contributed by atoms with Gasteiger partial charge in [0.25, 0.3) is 5.91 Å². The van der Waals surface area contributed by atoms with Gasteiger partial charge in [-0.15, -0.1) is 24.8 Å². The zero-order valence-electron chi connectivity index (χ0n) is 16.1. The number of rotatable bonds is 9. The van der Waals surface area contributed by atoms with Crippen LogP contribution in [-0.4, -0.2) is 42.0 Å². The molecule has 28 heavy (non-hydrogen) atoms. The zero-order chi connectivity index (χ0) is 18.8. The van der Waals surface area contributed by atoms with Gasteiger partial charge in [0.1, 0.15) is 6.04 Å². The summed E-state index contributed by atoms with van der Waals surface area (Å²) in [5.74, 6) is -0.509. The molecule has 1 aromatic heterocycles. The smallest absolute Gasteiger partial charge is 0.253 e. The molecule has 0 saturated carbocycles. The summed E-state index contributed by atoms with van der Waals surface area (Å²) in [5.41, 5.74) is 1.42. The molecule has 6 nitrogen and oxygen atoms in total. The molecular formula is C20H28Cl2N4O2. The van der Waals surface area contributed by atoms with Crippen molar-refractivity contribution in [3.8, 4) is 0 Å². The lowest BCUT2D eigenvalue weighted by atomic mass is 10.0. The van der Waals surface area contributed by atoms with Gasteiger partial charge in [-0.2, -0.15) is 0 Å². The SMILES string of the molecule is CCN[C@H](C)CNC(=O)C(Cc1ccccc1)NC(=O)c1cccnc1.Cl.Cl. The van der Waals surface area contributed by atoms with Crippen molar-refractivity contribution >= 4 is 36.6 Å². The molecule has 8 heteroatoms. The number of halogens is 2. The second-order valence-electron chi connectivity index (χ2n) is 6.16. The Balaban J connectivity index is 0.00000364. The maximum Gasteiger partial charge on any atom is 0.253 e. The van der Waals surface area contributed by atoms with Crippen molar-refractivity contribution in [1.29, 1.82) is 0 Å². The van der Waals surface area contributed by atoms with Crippen molar-refractivity contribution in [3.05, 3.63) is 66.0 Å². The van der Waals surface area contributed by atoms with E-state index < -0.39 is 6.04 Å². The summed E-state index contributed by atoms with van der Waals surface area (Å²) in [4.78, 5) is 29.1. The Bertz CT molecular complexity index is 702. The molecular weight excluding hydrogens is 399 g/mol. The minimum Gasteiger partial charge on any atom is -0.353 e. The van der Waals surface area contributed by atoms with E-state index in [1.165, 1.54) is 6.20 Å². The van der Waals surface area contributed by atoms with Gasteiger partial charge in [0, 0.05) is 31.4 Å². The molecule has 1 aromatic carbocycles. The Labute approximate surface area is 178 Å². The first-order chi connectivity index (χ1) is 12.6. The second-order valence-corrected chi connectivity index (χ2v) is 6.16. The predicted molar refractivity (Wildman–Crippen MR) is 116 cm³/mol. The van der Waals surface area contributed by atoms with Crippen molar-refractivity contribution in [3.63, 3.8) is 0 Å². The van der Waals surface area contributed by atoms with E-state index in [1.807, 2.05) is 44.2 Å². The number of aromatic nitrogens is 1. The van der Waals surface area contributed by atoms with Crippen molar-refractivity contribution in [2.75, 3.05) is 13.1 Å². The summed E-state index contributed by atoms with van der Waals surface area (Å²) >= 11 is 0. The molecule has 2 aromatic rings. The maximum atomic E-state index is 12.7. The van der Waals surface area contributed by atoms with Crippen LogP contribution < -0.4 is 16.0 Å². The van der Waals surface area contributed by atoms with Crippen LogP contribution in [0.25, 0.3) is 0 Å². The summed E-state index contributed by atoms with van der Waals surface area (Å²) in [6, 6.07) is 12.5. The number of likely N-dealkylation sites (N-methyl/N-ethyl adjacent to an activating group) is 1. The molecule has 0 spiro atoms. The van der Waals surface area contributed by atoms with Crippen LogP contribution in [0.3, 0.4) is 0 Å². The fraction of sp³-hybridized carbons (Fsp3) is 0.350. The molecule has 0 bridgehead atoms. The fourth-order valence-corrected chi connectivity index (χ4v) is 2.60. The molecule has 2 rings (SSSR count). The van der Waals surface area contributed by atoms with E-state index in [0.717, 1.165) is 12.1 Å². The van der Waals surface area contributed by atoms with E-state index in [1.54, 1.807) is 18.3 Å². The van der Waals surface area contributed by atoms with Crippen LogP contribution in [0, 0.1) is 0 Å². The molecule has 0 aliphatic rings. The molecule has 3 N–H and O–H groups in total. The topological polar surface area (TPSA) is 83.1 Å². The number of hydrogen-bond donors (Lipinski definition) is 3. The number of hydrogen-bond acceptors (Lipinski definition) is 4. The average Bonchev–Trinajstić information content (AvgIpc) is 2.67. The Morgan fingerprint density at radius 1 is 1.07 bits per heavy atom. The highest BCUT2D eigenvalue weighted by molar-refractivity contribution is 5.97. The Morgan fingerprint density at radius 3 is 2.39 bits per heavy atom. The highest BCUT2D eigenvalue weighted by Crippen LogP contribution is 2.05. The molecule has 0 aliphatic heterocycles. The highest BCUT2D eigenvalue weighted by atomic mass is 35.5. The van der Waals surface area contributed by atoms with Crippen LogP contribution in [-0.2, 0) is 11.2 Å². The van der Waals surface area contributed by atoms with Crippen molar-refractivity contribution < 1.29 is 9.59 Å². The summed E-state index contributed by atoms with van der Waals surface area (Å²) in [5, 5.41) is 8.98. The zero-order valence-corrected chi connectivity index (χ0v) is 17.7. The lowest BCUT2D eigenvalue weighted by molar-refractivity contribution is -0.123. The average molecular weight is 427 g/mol. The first kappa shape index (κ1) is 25.9. The summed E-state index contributed by atoms with van der Waals surface area (Å²) in [7, 11) is 0. The van der Waals surface area contributed by atoms with Gasteiger partial charge in [0.15, 0.2) is 0 Å². The van der Waals surface area contributed by atoms with Gasteiger partial charge < -0.3 is 16.0 Å². The minimum atomic E-state index is -0.654. The Kier molecular flexibility index (Phi) is 12.9. The Hall–Kier alpha value is -2.15. The maximum absolute atomic E-state index is 12.7. The normalized spacial score (nSPS) is 11.9. The number of nitrogens with zero attached hydrogens (tertiary/aromatic N) is 1. The lowest BCUT2D eigenvalue weighted by Gasteiger charge is -2.20. The second kappa shape index (κ2) is 13.9. The number of amides is 2. The number of carbonyl (C=O) groups is 2. The van der Waals surface area contributed by atoms with Crippen LogP contribution in [0.15, 0.2) is 54.9 Å². The molecule has 0 saturated heterocycles. The first-order valence-corrected chi connectivity index (χ1v) is 8.86. The van der Waals surface area contributed by atoms with E-state index in [4.69, 9.17) is 0 Å². The molecule has 154 valence electrons. The lowest BCUT2D eigenvalue weighted by Crippen LogP contribution is -2.50. The van der Waals surface area contributed by atoms with E-state index in [-0.39, 0.29) is 42.7 Å². The molecule has 0 fully saturated rings. The third kappa shape index (κ3) is 8.69. The summed E-state index contributed by atoms with van der Waals surface area (Å²) in [6.45, 7) is 5.36. The molecule has 1 unspecified atom stereocenters. The monoisotopic (exact) mass is 426 g/mol. The van der Waals surface area contributed by atoms with Crippen molar-refractivity contribution in [2.45, 2.75) is 32.4 Å². The van der Waals surface area contributed by atoms with E-state index >= 15 is 0 Å². The van der Waals surface area contributed by atoms with Gasteiger partial charge in [-0.05, 0) is 31.2 Å². The quantitative estimate of drug-likeness (QED) is 0.574. The largest absolute Gasteiger partial charge is 0.353 e. The van der Waals surface area contributed by atoms with Crippen LogP contribution in [0.1, 0.15) is 29.8 Å². The molecule has 2 atom stereocenters. The van der Waals surface area contributed by atoms with Gasteiger partial charge in [0.05, 0.1) is 5.56 Å². The van der Waals surface area contributed by atoms with E-state index in [2.05, 4.69) is 20.9 Å². The number of carbonyl (C=O) groups excluding carboxylic acids is 2. The van der Waals surface area contributed by atoms with Gasteiger partial charge in [-0.1, -0.05) is 37.3 Å². The van der Waals surface area contributed by atoms with E-state index in [0.29, 0.717) is 18.5 Å². The molecule has 2 amide bonds. The number of benzene rings is 1. The van der Waals surface area contributed by atoms with Gasteiger partial charge in [-0.25, -0.2) is 0 Å². The van der Waals surface area contributed by atoms with Crippen molar-refractivity contribution in [2.24, 2.45) is 0 Å². The fourth-order valence-electron chi connectivity index (χ4n) is 2.60. The predicted octanol–water partition coefficient (Wildman–Crippen LogP) is 2.38. The number of pyridine rings is 1. The third-order valence-corrected chi connectivity index (χ3v) is 3.96. The van der Waals surface area contributed by atoms with Crippen LogP contribution in [0.5, 0.6) is 0 Å². The van der Waals surface area contributed by atoms with Crippen LogP contribution in [0.2, 0.25) is 0 Å². The van der Waals surface area contributed by atoms with Gasteiger partial charge in [0.2, 0.25) is 5.91 Å². The van der Waals surface area contributed by atoms with E-state index in [9.17, 15) is 9.59 Å². The highest BCUT2D eigenvalue weighted by Gasteiger charge is 2.22. The minimum absolute atomic E-state index is 0. The molecule has 0 aliphatic carbocycles. The molecule has 0 radical (unpaired) electrons.